The van der Waals surface area contributed by atoms with E-state index < -0.39 is 6.29 Å². The summed E-state index contributed by atoms with van der Waals surface area (Å²) in [6.07, 6.45) is 6.67. The van der Waals surface area contributed by atoms with E-state index in [0.717, 1.165) is 19.3 Å². The van der Waals surface area contributed by atoms with E-state index >= 15 is 0 Å². The van der Waals surface area contributed by atoms with Gasteiger partial charge in [-0.3, -0.25) is 0 Å². The molecule has 1 saturated heterocycles. The van der Waals surface area contributed by atoms with Crippen LogP contribution in [0.4, 0.5) is 0 Å². The molecule has 0 radical (unpaired) electrons. The second-order valence-corrected chi connectivity index (χ2v) is 3.29. The lowest BCUT2D eigenvalue weighted by molar-refractivity contribution is -0.0919. The largest absolute Gasteiger partial charge is 0.368 e. The molecule has 0 aromatic carbocycles. The van der Waals surface area contributed by atoms with Gasteiger partial charge in [-0.2, -0.15) is 0 Å². The van der Waals surface area contributed by atoms with Gasteiger partial charge in [-0.05, 0) is 12.8 Å². The molecular weight excluding hydrogens is 140 g/mol. The highest BCUT2D eigenvalue weighted by molar-refractivity contribution is 4.66. The van der Waals surface area contributed by atoms with Gasteiger partial charge in [0.25, 0.3) is 0 Å². The second kappa shape index (κ2) is 4.73. The van der Waals surface area contributed by atoms with Crippen molar-refractivity contribution in [1.82, 2.24) is 0 Å². The highest BCUT2D eigenvalue weighted by atomic mass is 16.6. The van der Waals surface area contributed by atoms with Crippen LogP contribution in [0, 0.1) is 0 Å². The Labute approximate surface area is 68.6 Å². The molecule has 0 unspecified atom stereocenters. The van der Waals surface area contributed by atoms with E-state index in [1.54, 1.807) is 0 Å². The van der Waals surface area contributed by atoms with Crippen molar-refractivity contribution in [3.05, 3.63) is 0 Å². The summed E-state index contributed by atoms with van der Waals surface area (Å²) in [6, 6.07) is 0. The molecule has 1 rings (SSSR count). The summed E-state index contributed by atoms with van der Waals surface area (Å²) < 4.78 is 5.26. The number of hydrogen-bond donors (Lipinski definition) is 1. The molecule has 0 aliphatic carbocycles. The van der Waals surface area contributed by atoms with Gasteiger partial charge in [0.05, 0.1) is 6.10 Å². The van der Waals surface area contributed by atoms with Gasteiger partial charge < -0.3 is 9.84 Å². The fourth-order valence-corrected chi connectivity index (χ4v) is 1.52. The molecule has 0 aromatic rings. The first-order valence-electron chi connectivity index (χ1n) is 4.66. The Hall–Kier alpha value is -0.0800. The van der Waals surface area contributed by atoms with Crippen LogP contribution in [0.2, 0.25) is 0 Å². The number of aliphatic hydroxyl groups excluding tert-OH is 1. The molecule has 0 saturated carbocycles. The van der Waals surface area contributed by atoms with E-state index in [9.17, 15) is 0 Å². The minimum absolute atomic E-state index is 0.344. The van der Waals surface area contributed by atoms with Crippen molar-refractivity contribution in [1.29, 1.82) is 0 Å². The molecule has 1 heterocycles. The van der Waals surface area contributed by atoms with Crippen LogP contribution < -0.4 is 0 Å². The van der Waals surface area contributed by atoms with Crippen molar-refractivity contribution >= 4 is 0 Å². The Balaban J connectivity index is 1.99. The summed E-state index contributed by atoms with van der Waals surface area (Å²) >= 11 is 0. The summed E-state index contributed by atoms with van der Waals surface area (Å²) in [6.45, 7) is 2.20. The maximum absolute atomic E-state index is 9.03. The fraction of sp³-hybridized carbons (Fsp3) is 1.00. The first-order valence-corrected chi connectivity index (χ1v) is 4.66. The standard InChI is InChI=1S/C9H18O2/c1-2-3-4-5-8-6-7-9(10)11-8/h8-10H,2-7H2,1H3/t8-,9+/m1/s1. The van der Waals surface area contributed by atoms with Gasteiger partial charge in [0, 0.05) is 6.42 Å². The number of unbranched alkanes of at least 4 members (excludes halogenated alkanes) is 2. The third kappa shape index (κ3) is 3.21. The van der Waals surface area contributed by atoms with Crippen LogP contribution in [-0.4, -0.2) is 17.5 Å². The topological polar surface area (TPSA) is 29.5 Å². The minimum Gasteiger partial charge on any atom is -0.368 e. The van der Waals surface area contributed by atoms with E-state index in [0.29, 0.717) is 6.10 Å². The molecule has 1 fully saturated rings. The number of rotatable bonds is 4. The van der Waals surface area contributed by atoms with Gasteiger partial charge in [-0.1, -0.05) is 26.2 Å². The van der Waals surface area contributed by atoms with Crippen molar-refractivity contribution in [3.8, 4) is 0 Å². The molecule has 0 spiro atoms. The number of aliphatic hydroxyl groups is 1. The molecule has 1 N–H and O–H groups in total. The molecule has 1 aliphatic rings. The summed E-state index contributed by atoms with van der Waals surface area (Å²) in [5, 5.41) is 9.03. The van der Waals surface area contributed by atoms with Crippen molar-refractivity contribution in [2.75, 3.05) is 0 Å². The van der Waals surface area contributed by atoms with E-state index in [2.05, 4.69) is 6.92 Å². The molecule has 66 valence electrons. The lowest BCUT2D eigenvalue weighted by Gasteiger charge is -2.08. The molecule has 2 atom stereocenters. The van der Waals surface area contributed by atoms with Crippen LogP contribution in [0.25, 0.3) is 0 Å². The molecule has 0 aromatic heterocycles. The lowest BCUT2D eigenvalue weighted by Crippen LogP contribution is -2.09. The third-order valence-corrected chi connectivity index (χ3v) is 2.21. The maximum atomic E-state index is 9.03. The summed E-state index contributed by atoms with van der Waals surface area (Å²) in [5.41, 5.74) is 0. The Morgan fingerprint density at radius 3 is 2.73 bits per heavy atom. The van der Waals surface area contributed by atoms with E-state index in [1.165, 1.54) is 19.3 Å². The predicted molar refractivity (Wildman–Crippen MR) is 44.3 cm³/mol. The number of ether oxygens (including phenoxy) is 1. The Bertz CT molecular complexity index is 104. The van der Waals surface area contributed by atoms with Gasteiger partial charge in [-0.15, -0.1) is 0 Å². The average Bonchev–Trinajstić information content (AvgIpc) is 2.37. The van der Waals surface area contributed by atoms with Crippen molar-refractivity contribution < 1.29 is 9.84 Å². The normalized spacial score (nSPS) is 31.1. The maximum Gasteiger partial charge on any atom is 0.154 e. The monoisotopic (exact) mass is 158 g/mol. The van der Waals surface area contributed by atoms with E-state index in [4.69, 9.17) is 9.84 Å². The lowest BCUT2D eigenvalue weighted by atomic mass is 10.1. The predicted octanol–water partition coefficient (Wildman–Crippen LogP) is 2.06. The zero-order valence-electron chi connectivity index (χ0n) is 7.25. The molecule has 11 heavy (non-hydrogen) atoms. The molecule has 2 nitrogen and oxygen atoms in total. The molecule has 0 bridgehead atoms. The fourth-order valence-electron chi connectivity index (χ4n) is 1.52. The summed E-state index contributed by atoms with van der Waals surface area (Å²) in [4.78, 5) is 0. The molecular formula is C9H18O2. The van der Waals surface area contributed by atoms with E-state index in [1.807, 2.05) is 0 Å². The zero-order valence-corrected chi connectivity index (χ0v) is 7.25. The first-order chi connectivity index (χ1) is 5.33. The van der Waals surface area contributed by atoms with Gasteiger partial charge in [0.15, 0.2) is 6.29 Å². The molecule has 1 aliphatic heterocycles. The average molecular weight is 158 g/mol. The Kier molecular flexibility index (Phi) is 3.87. The quantitative estimate of drug-likeness (QED) is 0.635. The third-order valence-electron chi connectivity index (χ3n) is 2.21. The zero-order chi connectivity index (χ0) is 8.10. The van der Waals surface area contributed by atoms with Crippen LogP contribution in [-0.2, 0) is 4.74 Å². The van der Waals surface area contributed by atoms with Crippen LogP contribution in [0.5, 0.6) is 0 Å². The van der Waals surface area contributed by atoms with Crippen molar-refractivity contribution in [3.63, 3.8) is 0 Å². The molecule has 0 amide bonds. The second-order valence-electron chi connectivity index (χ2n) is 3.29. The smallest absolute Gasteiger partial charge is 0.154 e. The highest BCUT2D eigenvalue weighted by Gasteiger charge is 2.21. The highest BCUT2D eigenvalue weighted by Crippen LogP contribution is 2.21. The SMILES string of the molecule is CCCCC[C@@H]1CC[C@@H](O)O1. The summed E-state index contributed by atoms with van der Waals surface area (Å²) in [7, 11) is 0. The summed E-state index contributed by atoms with van der Waals surface area (Å²) in [5.74, 6) is 0. The van der Waals surface area contributed by atoms with E-state index in [-0.39, 0.29) is 0 Å². The minimum atomic E-state index is -0.471. The van der Waals surface area contributed by atoms with Crippen LogP contribution in [0.1, 0.15) is 45.4 Å². The van der Waals surface area contributed by atoms with Gasteiger partial charge in [-0.25, -0.2) is 0 Å². The van der Waals surface area contributed by atoms with Crippen LogP contribution in [0.15, 0.2) is 0 Å². The van der Waals surface area contributed by atoms with Crippen LogP contribution >= 0.6 is 0 Å². The van der Waals surface area contributed by atoms with Gasteiger partial charge >= 0.3 is 0 Å². The Morgan fingerprint density at radius 2 is 2.18 bits per heavy atom. The number of hydrogen-bond acceptors (Lipinski definition) is 2. The van der Waals surface area contributed by atoms with Crippen molar-refractivity contribution in [2.24, 2.45) is 0 Å². The van der Waals surface area contributed by atoms with Crippen LogP contribution in [0.3, 0.4) is 0 Å². The van der Waals surface area contributed by atoms with Gasteiger partial charge in [0.1, 0.15) is 0 Å². The van der Waals surface area contributed by atoms with Gasteiger partial charge in [0.2, 0.25) is 0 Å². The Morgan fingerprint density at radius 1 is 1.36 bits per heavy atom. The van der Waals surface area contributed by atoms with Crippen molar-refractivity contribution in [2.45, 2.75) is 57.8 Å². The molecule has 2 heteroatoms. The first kappa shape index (κ1) is 9.01.